The van der Waals surface area contributed by atoms with Gasteiger partial charge >= 0.3 is 0 Å². The average Bonchev–Trinajstić information content (AvgIpc) is 2.26. The molecule has 2 atom stereocenters. The van der Waals surface area contributed by atoms with Crippen LogP contribution in [0.2, 0.25) is 5.15 Å². The molecule has 1 aromatic heterocycles. The second-order valence-corrected chi connectivity index (χ2v) is 5.27. The number of halogens is 1. The van der Waals surface area contributed by atoms with Crippen molar-refractivity contribution in [3.63, 3.8) is 0 Å². The first-order chi connectivity index (χ1) is 9.02. The molecular formula is C12H20ClN5O. The summed E-state index contributed by atoms with van der Waals surface area (Å²) in [6.07, 6.45) is 0.570. The van der Waals surface area contributed by atoms with Crippen molar-refractivity contribution < 1.29 is 4.74 Å². The molecule has 0 bridgehead atoms. The SMILES string of the molecule is C[C@@H]1CN(CCNc2cc(Cl)nc(N)n2)C[C@@H](C)O1. The van der Waals surface area contributed by atoms with Crippen molar-refractivity contribution >= 4 is 23.4 Å². The Bertz CT molecular complexity index is 400. The van der Waals surface area contributed by atoms with E-state index in [-0.39, 0.29) is 18.2 Å². The fourth-order valence-corrected chi connectivity index (χ4v) is 2.52. The number of nitrogens with zero attached hydrogens (tertiary/aromatic N) is 3. The lowest BCUT2D eigenvalue weighted by molar-refractivity contribution is -0.0667. The zero-order chi connectivity index (χ0) is 13.8. The van der Waals surface area contributed by atoms with Gasteiger partial charge < -0.3 is 15.8 Å². The topological polar surface area (TPSA) is 76.3 Å². The van der Waals surface area contributed by atoms with E-state index in [9.17, 15) is 0 Å². The molecule has 0 aliphatic carbocycles. The summed E-state index contributed by atoms with van der Waals surface area (Å²) in [4.78, 5) is 10.3. The number of anilines is 2. The van der Waals surface area contributed by atoms with Gasteiger partial charge in [0.15, 0.2) is 0 Å². The molecule has 106 valence electrons. The molecule has 3 N–H and O–H groups in total. The molecule has 1 aromatic rings. The van der Waals surface area contributed by atoms with Crippen LogP contribution in [-0.2, 0) is 4.74 Å². The number of nitrogens with two attached hydrogens (primary N) is 1. The zero-order valence-electron chi connectivity index (χ0n) is 11.3. The maximum absolute atomic E-state index is 5.82. The molecule has 0 amide bonds. The number of nitrogen functional groups attached to an aromatic ring is 1. The van der Waals surface area contributed by atoms with Crippen molar-refractivity contribution in [2.75, 3.05) is 37.2 Å². The van der Waals surface area contributed by atoms with Crippen LogP contribution in [0.3, 0.4) is 0 Å². The van der Waals surface area contributed by atoms with Gasteiger partial charge in [-0.25, -0.2) is 4.98 Å². The molecule has 2 rings (SSSR count). The third-order valence-corrected chi connectivity index (χ3v) is 3.14. The second kappa shape index (κ2) is 6.36. The summed E-state index contributed by atoms with van der Waals surface area (Å²) >= 11 is 5.82. The van der Waals surface area contributed by atoms with Crippen LogP contribution in [0.5, 0.6) is 0 Å². The van der Waals surface area contributed by atoms with Crippen molar-refractivity contribution in [2.45, 2.75) is 26.1 Å². The van der Waals surface area contributed by atoms with Crippen LogP contribution >= 0.6 is 11.6 Å². The predicted octanol–water partition coefficient (Wildman–Crippen LogP) is 1.23. The Morgan fingerprint density at radius 3 is 2.74 bits per heavy atom. The lowest BCUT2D eigenvalue weighted by Gasteiger charge is -2.35. The van der Waals surface area contributed by atoms with Crippen molar-refractivity contribution in [1.29, 1.82) is 0 Å². The summed E-state index contributed by atoms with van der Waals surface area (Å²) in [6.45, 7) is 7.82. The van der Waals surface area contributed by atoms with E-state index in [1.165, 1.54) is 0 Å². The molecule has 7 heteroatoms. The Labute approximate surface area is 118 Å². The first kappa shape index (κ1) is 14.3. The third-order valence-electron chi connectivity index (χ3n) is 2.94. The van der Waals surface area contributed by atoms with E-state index < -0.39 is 0 Å². The van der Waals surface area contributed by atoms with Crippen LogP contribution in [0.1, 0.15) is 13.8 Å². The fraction of sp³-hybridized carbons (Fsp3) is 0.667. The summed E-state index contributed by atoms with van der Waals surface area (Å²) in [6, 6.07) is 1.67. The molecule has 0 saturated carbocycles. The molecule has 1 fully saturated rings. The Hall–Kier alpha value is -1.11. The molecule has 0 aromatic carbocycles. The largest absolute Gasteiger partial charge is 0.373 e. The molecule has 2 heterocycles. The first-order valence-electron chi connectivity index (χ1n) is 6.44. The highest BCUT2D eigenvalue weighted by Crippen LogP contribution is 2.13. The summed E-state index contributed by atoms with van der Waals surface area (Å²) in [5, 5.41) is 3.56. The third kappa shape index (κ3) is 4.49. The number of nitrogens with one attached hydrogen (secondary N) is 1. The van der Waals surface area contributed by atoms with Gasteiger partial charge in [0, 0.05) is 32.2 Å². The lowest BCUT2D eigenvalue weighted by atomic mass is 10.2. The van der Waals surface area contributed by atoms with Crippen LogP contribution in [0, 0.1) is 0 Å². The number of aromatic nitrogens is 2. The van der Waals surface area contributed by atoms with Crippen LogP contribution in [0.4, 0.5) is 11.8 Å². The zero-order valence-corrected chi connectivity index (χ0v) is 12.0. The summed E-state index contributed by atoms with van der Waals surface area (Å²) < 4.78 is 5.70. The molecule has 0 unspecified atom stereocenters. The molecule has 1 aliphatic heterocycles. The Morgan fingerprint density at radius 2 is 2.11 bits per heavy atom. The minimum absolute atomic E-state index is 0.184. The Morgan fingerprint density at radius 1 is 1.42 bits per heavy atom. The van der Waals surface area contributed by atoms with Gasteiger partial charge in [0.25, 0.3) is 0 Å². The molecule has 19 heavy (non-hydrogen) atoms. The van der Waals surface area contributed by atoms with E-state index in [2.05, 4.69) is 34.0 Å². The minimum Gasteiger partial charge on any atom is -0.373 e. The highest BCUT2D eigenvalue weighted by molar-refractivity contribution is 6.29. The molecule has 1 saturated heterocycles. The van der Waals surface area contributed by atoms with Crippen molar-refractivity contribution in [1.82, 2.24) is 14.9 Å². The molecule has 0 spiro atoms. The van der Waals surface area contributed by atoms with E-state index in [1.807, 2.05) is 0 Å². The number of hydrogen-bond donors (Lipinski definition) is 2. The summed E-state index contributed by atoms with van der Waals surface area (Å²) in [5.41, 5.74) is 5.54. The first-order valence-corrected chi connectivity index (χ1v) is 6.82. The second-order valence-electron chi connectivity index (χ2n) is 4.88. The van der Waals surface area contributed by atoms with Crippen molar-refractivity contribution in [2.24, 2.45) is 0 Å². The molecule has 1 aliphatic rings. The highest BCUT2D eigenvalue weighted by atomic mass is 35.5. The Kier molecular flexibility index (Phi) is 4.79. The standard InChI is InChI=1S/C12H20ClN5O/c1-8-6-18(7-9(2)19-8)4-3-15-11-5-10(13)16-12(14)17-11/h5,8-9H,3-4,6-7H2,1-2H3,(H3,14,15,16,17)/t8-,9-/m1/s1. The number of morpholine rings is 1. The van der Waals surface area contributed by atoms with Crippen molar-refractivity contribution in [3.05, 3.63) is 11.2 Å². The van der Waals surface area contributed by atoms with Gasteiger partial charge in [-0.05, 0) is 13.8 Å². The molecule has 6 nitrogen and oxygen atoms in total. The maximum Gasteiger partial charge on any atom is 0.223 e. The highest BCUT2D eigenvalue weighted by Gasteiger charge is 2.21. The quantitative estimate of drug-likeness (QED) is 0.811. The van der Waals surface area contributed by atoms with Gasteiger partial charge in [0.05, 0.1) is 12.2 Å². The Balaban J connectivity index is 1.79. The van der Waals surface area contributed by atoms with Crippen LogP contribution in [0.15, 0.2) is 6.07 Å². The smallest absolute Gasteiger partial charge is 0.223 e. The van der Waals surface area contributed by atoms with Gasteiger partial charge in [0.1, 0.15) is 11.0 Å². The van der Waals surface area contributed by atoms with Gasteiger partial charge in [-0.15, -0.1) is 0 Å². The van der Waals surface area contributed by atoms with E-state index >= 15 is 0 Å². The van der Waals surface area contributed by atoms with E-state index in [0.717, 1.165) is 26.2 Å². The van der Waals surface area contributed by atoms with Gasteiger partial charge in [0.2, 0.25) is 5.95 Å². The normalized spacial score (nSPS) is 24.4. The number of hydrogen-bond acceptors (Lipinski definition) is 6. The van der Waals surface area contributed by atoms with E-state index in [1.54, 1.807) is 6.07 Å². The number of ether oxygens (including phenoxy) is 1. The van der Waals surface area contributed by atoms with Crippen molar-refractivity contribution in [3.8, 4) is 0 Å². The van der Waals surface area contributed by atoms with E-state index in [0.29, 0.717) is 11.0 Å². The number of rotatable bonds is 4. The predicted molar refractivity (Wildman–Crippen MR) is 76.4 cm³/mol. The monoisotopic (exact) mass is 285 g/mol. The van der Waals surface area contributed by atoms with Crippen LogP contribution in [-0.4, -0.2) is 53.3 Å². The fourth-order valence-electron chi connectivity index (χ4n) is 2.33. The van der Waals surface area contributed by atoms with E-state index in [4.69, 9.17) is 22.1 Å². The van der Waals surface area contributed by atoms with Gasteiger partial charge in [-0.2, -0.15) is 4.98 Å². The minimum atomic E-state index is 0.184. The summed E-state index contributed by atoms with van der Waals surface area (Å²) in [7, 11) is 0. The lowest BCUT2D eigenvalue weighted by Crippen LogP contribution is -2.46. The van der Waals surface area contributed by atoms with Gasteiger partial charge in [-0.1, -0.05) is 11.6 Å². The average molecular weight is 286 g/mol. The van der Waals surface area contributed by atoms with Crippen LogP contribution < -0.4 is 11.1 Å². The van der Waals surface area contributed by atoms with Gasteiger partial charge in [-0.3, -0.25) is 4.90 Å². The summed E-state index contributed by atoms with van der Waals surface area (Å²) in [5.74, 6) is 0.843. The maximum atomic E-state index is 5.82. The molecule has 0 radical (unpaired) electrons. The molecular weight excluding hydrogens is 266 g/mol. The van der Waals surface area contributed by atoms with Crippen LogP contribution in [0.25, 0.3) is 0 Å².